The van der Waals surface area contributed by atoms with Crippen LogP contribution in [-0.2, 0) is 11.2 Å². The van der Waals surface area contributed by atoms with E-state index in [1.165, 1.54) is 11.6 Å². The van der Waals surface area contributed by atoms with Gasteiger partial charge in [0.1, 0.15) is 5.75 Å². The lowest BCUT2D eigenvalue weighted by Gasteiger charge is -1.98. The van der Waals surface area contributed by atoms with Crippen molar-refractivity contribution in [2.75, 3.05) is 6.61 Å². The molecule has 0 saturated heterocycles. The second-order valence-electron chi connectivity index (χ2n) is 2.92. The zero-order valence-electron chi connectivity index (χ0n) is 7.12. The molecule has 2 heteroatoms. The van der Waals surface area contributed by atoms with Crippen LogP contribution in [-0.4, -0.2) is 12.9 Å². The van der Waals surface area contributed by atoms with Gasteiger partial charge in [-0.3, -0.25) is 4.79 Å². The molecule has 0 saturated carbocycles. The Labute approximate surface area is 76.8 Å². The lowest BCUT2D eigenvalue weighted by molar-refractivity contribution is 0.357. The molecule has 0 aromatic heterocycles. The molecule has 1 radical (unpaired) electrons. The SMILES string of the molecule is O=[C]C=Cc1ccc2c(c1)CCO2. The van der Waals surface area contributed by atoms with Crippen molar-refractivity contribution in [1.29, 1.82) is 0 Å². The molecule has 0 bridgehead atoms. The number of hydrogen-bond donors (Lipinski definition) is 0. The van der Waals surface area contributed by atoms with Gasteiger partial charge in [0, 0.05) is 6.42 Å². The molecular weight excluding hydrogens is 164 g/mol. The zero-order chi connectivity index (χ0) is 9.10. The fraction of sp³-hybridized carbons (Fsp3) is 0.182. The van der Waals surface area contributed by atoms with Crippen LogP contribution in [0.5, 0.6) is 5.75 Å². The topological polar surface area (TPSA) is 26.3 Å². The van der Waals surface area contributed by atoms with E-state index in [1.54, 1.807) is 12.4 Å². The van der Waals surface area contributed by atoms with Crippen molar-refractivity contribution in [2.45, 2.75) is 6.42 Å². The van der Waals surface area contributed by atoms with Gasteiger partial charge in [0.05, 0.1) is 6.61 Å². The van der Waals surface area contributed by atoms with Crippen molar-refractivity contribution < 1.29 is 9.53 Å². The van der Waals surface area contributed by atoms with Crippen LogP contribution in [0.3, 0.4) is 0 Å². The van der Waals surface area contributed by atoms with E-state index in [-0.39, 0.29) is 0 Å². The molecule has 0 spiro atoms. The van der Waals surface area contributed by atoms with Crippen LogP contribution in [0.4, 0.5) is 0 Å². The average Bonchev–Trinajstić information content (AvgIpc) is 2.61. The maximum atomic E-state index is 9.98. The standard InChI is InChI=1S/C11H9O2/c12-6-1-2-9-3-4-11-10(8-9)5-7-13-11/h1-4,8H,5,7H2. The van der Waals surface area contributed by atoms with E-state index in [0.29, 0.717) is 0 Å². The summed E-state index contributed by atoms with van der Waals surface area (Å²) >= 11 is 0. The maximum Gasteiger partial charge on any atom is 0.225 e. The maximum absolute atomic E-state index is 9.98. The summed E-state index contributed by atoms with van der Waals surface area (Å²) in [6, 6.07) is 5.90. The van der Waals surface area contributed by atoms with Crippen molar-refractivity contribution >= 4 is 12.4 Å². The van der Waals surface area contributed by atoms with Gasteiger partial charge < -0.3 is 4.74 Å². The highest BCUT2D eigenvalue weighted by atomic mass is 16.5. The third-order valence-corrected chi connectivity index (χ3v) is 2.06. The predicted molar refractivity (Wildman–Crippen MR) is 50.4 cm³/mol. The molecule has 2 nitrogen and oxygen atoms in total. The third-order valence-electron chi connectivity index (χ3n) is 2.06. The monoisotopic (exact) mass is 173 g/mol. The number of benzene rings is 1. The Morgan fingerprint density at radius 1 is 1.46 bits per heavy atom. The number of fused-ring (bicyclic) bond motifs is 1. The Kier molecular flexibility index (Phi) is 2.13. The Balaban J connectivity index is 2.30. The summed E-state index contributed by atoms with van der Waals surface area (Å²) in [6.07, 6.45) is 5.80. The van der Waals surface area contributed by atoms with Crippen LogP contribution < -0.4 is 4.74 Å². The molecule has 0 fully saturated rings. The smallest absolute Gasteiger partial charge is 0.225 e. The molecule has 1 heterocycles. The quantitative estimate of drug-likeness (QED) is 0.637. The average molecular weight is 173 g/mol. The van der Waals surface area contributed by atoms with Gasteiger partial charge >= 0.3 is 0 Å². The molecule has 0 unspecified atom stereocenters. The number of hydrogen-bond acceptors (Lipinski definition) is 2. The van der Waals surface area contributed by atoms with Gasteiger partial charge in [-0.15, -0.1) is 0 Å². The van der Waals surface area contributed by atoms with Gasteiger partial charge in [0.25, 0.3) is 0 Å². The molecule has 1 aliphatic heterocycles. The number of allylic oxidation sites excluding steroid dienone is 1. The Morgan fingerprint density at radius 3 is 3.23 bits per heavy atom. The first-order valence-electron chi connectivity index (χ1n) is 4.20. The van der Waals surface area contributed by atoms with E-state index in [9.17, 15) is 4.79 Å². The fourth-order valence-electron chi connectivity index (χ4n) is 1.44. The van der Waals surface area contributed by atoms with Crippen molar-refractivity contribution in [3.05, 3.63) is 35.4 Å². The highest BCUT2D eigenvalue weighted by Gasteiger charge is 2.10. The molecule has 1 aromatic carbocycles. The van der Waals surface area contributed by atoms with E-state index >= 15 is 0 Å². The van der Waals surface area contributed by atoms with Crippen molar-refractivity contribution in [1.82, 2.24) is 0 Å². The summed E-state index contributed by atoms with van der Waals surface area (Å²) in [5, 5.41) is 0. The summed E-state index contributed by atoms with van der Waals surface area (Å²) in [5.41, 5.74) is 2.24. The minimum absolute atomic E-state index is 0.766. The predicted octanol–water partition coefficient (Wildman–Crippen LogP) is 1.74. The molecule has 0 aliphatic carbocycles. The molecule has 0 atom stereocenters. The van der Waals surface area contributed by atoms with Crippen LogP contribution in [0.1, 0.15) is 11.1 Å². The molecule has 13 heavy (non-hydrogen) atoms. The number of carbonyl (C=O) groups excluding carboxylic acids is 1. The summed E-state index contributed by atoms with van der Waals surface area (Å²) < 4.78 is 5.36. The lowest BCUT2D eigenvalue weighted by Crippen LogP contribution is -1.85. The molecule has 0 N–H and O–H groups in total. The highest BCUT2D eigenvalue weighted by Crippen LogP contribution is 2.26. The van der Waals surface area contributed by atoms with Gasteiger partial charge in [-0.1, -0.05) is 12.1 Å². The van der Waals surface area contributed by atoms with Gasteiger partial charge in [-0.2, -0.15) is 0 Å². The Morgan fingerprint density at radius 2 is 2.38 bits per heavy atom. The van der Waals surface area contributed by atoms with E-state index in [2.05, 4.69) is 0 Å². The Hall–Kier alpha value is -1.57. The minimum atomic E-state index is 0.766. The molecule has 2 rings (SSSR count). The summed E-state index contributed by atoms with van der Waals surface area (Å²) in [5.74, 6) is 0.965. The van der Waals surface area contributed by atoms with Crippen molar-refractivity contribution in [3.63, 3.8) is 0 Å². The molecule has 65 valence electrons. The minimum Gasteiger partial charge on any atom is -0.493 e. The van der Waals surface area contributed by atoms with Gasteiger partial charge in [0.15, 0.2) is 0 Å². The fourth-order valence-corrected chi connectivity index (χ4v) is 1.44. The number of rotatable bonds is 2. The summed E-state index contributed by atoms with van der Waals surface area (Å²) in [4.78, 5) is 9.98. The molecule has 1 aromatic rings. The first-order chi connectivity index (χ1) is 6.40. The normalized spacial score (nSPS) is 14.2. The largest absolute Gasteiger partial charge is 0.493 e. The second kappa shape index (κ2) is 3.44. The van der Waals surface area contributed by atoms with Crippen molar-refractivity contribution in [2.24, 2.45) is 0 Å². The van der Waals surface area contributed by atoms with Crippen LogP contribution >= 0.6 is 0 Å². The van der Waals surface area contributed by atoms with Gasteiger partial charge in [-0.05, 0) is 29.3 Å². The first kappa shape index (κ1) is 8.05. The van der Waals surface area contributed by atoms with E-state index in [0.717, 1.165) is 24.3 Å². The summed E-state index contributed by atoms with van der Waals surface area (Å²) in [7, 11) is 0. The van der Waals surface area contributed by atoms with Gasteiger partial charge in [-0.25, -0.2) is 0 Å². The van der Waals surface area contributed by atoms with Gasteiger partial charge in [0.2, 0.25) is 6.29 Å². The highest BCUT2D eigenvalue weighted by molar-refractivity contribution is 5.74. The molecule has 0 amide bonds. The van der Waals surface area contributed by atoms with E-state index in [4.69, 9.17) is 4.74 Å². The van der Waals surface area contributed by atoms with Crippen LogP contribution in [0.2, 0.25) is 0 Å². The third kappa shape index (κ3) is 1.61. The first-order valence-corrected chi connectivity index (χ1v) is 4.20. The van der Waals surface area contributed by atoms with Crippen LogP contribution in [0.25, 0.3) is 6.08 Å². The Bertz CT molecular complexity index is 353. The summed E-state index contributed by atoms with van der Waals surface area (Å²) in [6.45, 7) is 0.766. The second-order valence-corrected chi connectivity index (χ2v) is 2.92. The van der Waals surface area contributed by atoms with E-state index in [1.807, 2.05) is 18.2 Å². The van der Waals surface area contributed by atoms with Crippen LogP contribution in [0, 0.1) is 0 Å². The molecular formula is C11H9O2. The number of ether oxygens (including phenoxy) is 1. The lowest BCUT2D eigenvalue weighted by atomic mass is 10.1. The van der Waals surface area contributed by atoms with E-state index < -0.39 is 0 Å². The van der Waals surface area contributed by atoms with Crippen LogP contribution in [0.15, 0.2) is 24.3 Å². The van der Waals surface area contributed by atoms with Crippen molar-refractivity contribution in [3.8, 4) is 5.75 Å². The molecule has 1 aliphatic rings. The zero-order valence-corrected chi connectivity index (χ0v) is 7.12.